The molecular weight excluding hydrogens is 364 g/mol. The van der Waals surface area contributed by atoms with E-state index in [1.165, 1.54) is 4.90 Å². The molecule has 1 fully saturated rings. The summed E-state index contributed by atoms with van der Waals surface area (Å²) < 4.78 is 16.5. The van der Waals surface area contributed by atoms with Gasteiger partial charge in [0.25, 0.3) is 5.79 Å². The van der Waals surface area contributed by atoms with Crippen molar-refractivity contribution in [1.82, 2.24) is 9.88 Å². The summed E-state index contributed by atoms with van der Waals surface area (Å²) in [7, 11) is 0. The number of hydrogen-bond donors (Lipinski definition) is 1. The van der Waals surface area contributed by atoms with Crippen LogP contribution in [0.5, 0.6) is 0 Å². The molecule has 9 heteroatoms. The third kappa shape index (κ3) is 4.80. The van der Waals surface area contributed by atoms with Gasteiger partial charge in [-0.3, -0.25) is 9.17 Å². The van der Waals surface area contributed by atoms with Gasteiger partial charge in [-0.2, -0.15) is 0 Å². The van der Waals surface area contributed by atoms with E-state index in [4.69, 9.17) is 13.7 Å². The van der Waals surface area contributed by atoms with Crippen molar-refractivity contribution in [3.63, 3.8) is 0 Å². The Labute approximate surface area is 157 Å². The molecule has 1 saturated heterocycles. The number of carbonyl (C=O) groups excluding carboxylic acids is 2. The van der Waals surface area contributed by atoms with E-state index in [0.717, 1.165) is 12.0 Å². The maximum atomic E-state index is 12.1. The fraction of sp³-hybridized carbons (Fsp3) is 0.562. The zero-order valence-corrected chi connectivity index (χ0v) is 16.3. The second-order valence-corrected chi connectivity index (χ2v) is 7.45. The van der Waals surface area contributed by atoms with Crippen molar-refractivity contribution in [3.05, 3.63) is 30.1 Å². The zero-order chi connectivity index (χ0) is 18.7. The van der Waals surface area contributed by atoms with Gasteiger partial charge in [0.15, 0.2) is 0 Å². The van der Waals surface area contributed by atoms with Crippen LogP contribution in [0.15, 0.2) is 24.4 Å². The van der Waals surface area contributed by atoms with Crippen LogP contribution in [0.3, 0.4) is 0 Å². The summed E-state index contributed by atoms with van der Waals surface area (Å²) in [5, 5.41) is -0.782. The molecule has 0 spiro atoms. The first-order valence-electron chi connectivity index (χ1n) is 7.71. The molecule has 1 unspecified atom stereocenters. The molecule has 0 N–H and O–H groups in total. The lowest BCUT2D eigenvalue weighted by Crippen LogP contribution is -2.60. The smallest absolute Gasteiger partial charge is 0.410 e. The van der Waals surface area contributed by atoms with Crippen LogP contribution in [-0.4, -0.2) is 46.2 Å². The molecule has 0 bridgehead atoms. The van der Waals surface area contributed by atoms with Crippen molar-refractivity contribution >= 4 is 36.1 Å². The average Bonchev–Trinajstić information content (AvgIpc) is 2.44. The van der Waals surface area contributed by atoms with E-state index < -0.39 is 22.8 Å². The number of ether oxygens (including phenoxy) is 2. The normalized spacial score (nSPS) is 17.4. The summed E-state index contributed by atoms with van der Waals surface area (Å²) >= 11 is 4.78. The van der Waals surface area contributed by atoms with Crippen LogP contribution in [-0.2, 0) is 19.4 Å². The van der Waals surface area contributed by atoms with Gasteiger partial charge in [-0.15, -0.1) is 0 Å². The molecule has 0 aromatic carbocycles. The molecule has 1 atom stereocenters. The number of amides is 1. The number of rotatable bonds is 5. The molecule has 0 saturated carbocycles. The maximum Gasteiger partial charge on any atom is 0.410 e. The summed E-state index contributed by atoms with van der Waals surface area (Å²) in [5.74, 6) is -1.71. The SMILES string of the molecule is CSOC(OC(=O)S)(c1ccccn1)C1CN(C(=O)OC(C)(C)C)C1. The highest BCUT2D eigenvalue weighted by Crippen LogP contribution is 2.42. The minimum Gasteiger partial charge on any atom is -0.444 e. The summed E-state index contributed by atoms with van der Waals surface area (Å²) in [6, 6.07) is 5.24. The first kappa shape index (κ1) is 19.9. The number of thiol groups is 1. The minimum atomic E-state index is -1.42. The zero-order valence-electron chi connectivity index (χ0n) is 14.6. The molecule has 0 radical (unpaired) electrons. The van der Waals surface area contributed by atoms with E-state index in [9.17, 15) is 9.59 Å². The summed E-state index contributed by atoms with van der Waals surface area (Å²) in [4.78, 5) is 29.5. The Balaban J connectivity index is 2.21. The summed E-state index contributed by atoms with van der Waals surface area (Å²) in [5.41, 5.74) is -0.131. The summed E-state index contributed by atoms with van der Waals surface area (Å²) in [6.07, 6.45) is 2.89. The molecule has 2 rings (SSSR count). The second-order valence-electron chi connectivity index (χ2n) is 6.58. The van der Waals surface area contributed by atoms with Crippen LogP contribution in [0.25, 0.3) is 0 Å². The molecular formula is C16H22N2O5S2. The Morgan fingerprint density at radius 3 is 2.44 bits per heavy atom. The van der Waals surface area contributed by atoms with Crippen LogP contribution >= 0.6 is 24.7 Å². The lowest BCUT2D eigenvalue weighted by atomic mass is 9.88. The molecule has 1 aliphatic rings. The fourth-order valence-electron chi connectivity index (χ4n) is 2.49. The lowest BCUT2D eigenvalue weighted by molar-refractivity contribution is -0.204. The third-order valence-corrected chi connectivity index (χ3v) is 4.04. The minimum absolute atomic E-state index is 0.293. The highest BCUT2D eigenvalue weighted by Gasteiger charge is 2.54. The van der Waals surface area contributed by atoms with Gasteiger partial charge in [0.2, 0.25) is 0 Å². The summed E-state index contributed by atoms with van der Waals surface area (Å²) in [6.45, 7) is 6.04. The number of likely N-dealkylation sites (tertiary alicyclic amines) is 1. The largest absolute Gasteiger partial charge is 0.444 e. The van der Waals surface area contributed by atoms with Crippen LogP contribution in [0.1, 0.15) is 26.5 Å². The number of nitrogens with zero attached hydrogens (tertiary/aromatic N) is 2. The topological polar surface area (TPSA) is 78.0 Å². The highest BCUT2D eigenvalue weighted by molar-refractivity contribution is 7.96. The molecule has 1 aliphatic heterocycles. The van der Waals surface area contributed by atoms with E-state index in [1.54, 1.807) is 51.4 Å². The molecule has 7 nitrogen and oxygen atoms in total. The van der Waals surface area contributed by atoms with E-state index in [-0.39, 0.29) is 5.92 Å². The van der Waals surface area contributed by atoms with Crippen LogP contribution in [0.4, 0.5) is 9.59 Å². The van der Waals surface area contributed by atoms with E-state index >= 15 is 0 Å². The Morgan fingerprint density at radius 2 is 1.96 bits per heavy atom. The molecule has 1 aromatic heterocycles. The van der Waals surface area contributed by atoms with Crippen molar-refractivity contribution in [1.29, 1.82) is 0 Å². The van der Waals surface area contributed by atoms with Gasteiger partial charge in [0.1, 0.15) is 11.3 Å². The first-order valence-corrected chi connectivity index (χ1v) is 9.31. The Hall–Kier alpha value is -1.45. The molecule has 1 amide bonds. The Bertz CT molecular complexity index is 617. The molecule has 2 heterocycles. The van der Waals surface area contributed by atoms with Crippen molar-refractivity contribution in [2.45, 2.75) is 32.2 Å². The number of pyridine rings is 1. The van der Waals surface area contributed by atoms with Gasteiger partial charge in [-0.25, -0.2) is 9.59 Å². The molecule has 1 aromatic rings. The van der Waals surface area contributed by atoms with Crippen LogP contribution in [0, 0.1) is 5.92 Å². The van der Waals surface area contributed by atoms with E-state index in [2.05, 4.69) is 17.6 Å². The quantitative estimate of drug-likeness (QED) is 0.359. The molecule has 0 aliphatic carbocycles. The second kappa shape index (κ2) is 7.84. The monoisotopic (exact) mass is 386 g/mol. The standard InChI is InChI=1S/C16H22N2O5S2/c1-15(2,3)21-13(19)18-9-11(10-18)16(23-25-4,22-14(20)24)12-7-5-6-8-17-12/h5-8,11H,9-10H2,1-4H3,(H,20,24). The number of aromatic nitrogens is 1. The third-order valence-electron chi connectivity index (χ3n) is 3.54. The van der Waals surface area contributed by atoms with Gasteiger partial charge in [-0.05, 0) is 44.9 Å². The van der Waals surface area contributed by atoms with Crippen LogP contribution < -0.4 is 0 Å². The maximum absolute atomic E-state index is 12.1. The van der Waals surface area contributed by atoms with Gasteiger partial charge < -0.3 is 14.4 Å². The predicted octanol–water partition coefficient (Wildman–Crippen LogP) is 3.46. The number of carbonyl (C=O) groups is 2. The van der Waals surface area contributed by atoms with Crippen molar-refractivity contribution in [3.8, 4) is 0 Å². The van der Waals surface area contributed by atoms with Gasteiger partial charge in [-0.1, -0.05) is 18.7 Å². The molecule has 25 heavy (non-hydrogen) atoms. The Kier molecular flexibility index (Phi) is 6.23. The van der Waals surface area contributed by atoms with Crippen molar-refractivity contribution in [2.24, 2.45) is 5.92 Å². The molecule has 138 valence electrons. The first-order chi connectivity index (χ1) is 11.7. The highest BCUT2D eigenvalue weighted by atomic mass is 32.2. The van der Waals surface area contributed by atoms with Gasteiger partial charge >= 0.3 is 11.4 Å². The average molecular weight is 386 g/mol. The lowest BCUT2D eigenvalue weighted by Gasteiger charge is -2.47. The van der Waals surface area contributed by atoms with E-state index in [1.807, 2.05) is 0 Å². The van der Waals surface area contributed by atoms with Crippen LogP contribution in [0.2, 0.25) is 0 Å². The fourth-order valence-corrected chi connectivity index (χ4v) is 3.13. The number of hydrogen-bond acceptors (Lipinski definition) is 7. The predicted molar refractivity (Wildman–Crippen MR) is 97.3 cm³/mol. The Morgan fingerprint density at radius 1 is 1.28 bits per heavy atom. The van der Waals surface area contributed by atoms with Gasteiger partial charge in [0.05, 0.1) is 5.92 Å². The van der Waals surface area contributed by atoms with Crippen molar-refractivity contribution in [2.75, 3.05) is 19.3 Å². The van der Waals surface area contributed by atoms with E-state index in [0.29, 0.717) is 18.8 Å². The van der Waals surface area contributed by atoms with Gasteiger partial charge in [0, 0.05) is 25.5 Å². The van der Waals surface area contributed by atoms with Crippen molar-refractivity contribution < 1.29 is 23.2 Å².